The first-order valence-corrected chi connectivity index (χ1v) is 21.5. The smallest absolute Gasteiger partial charge is 0.475 e. The number of halogens is 3. The first kappa shape index (κ1) is 53.0. The van der Waals surface area contributed by atoms with E-state index in [9.17, 15) is 51.5 Å². The molecule has 2 aromatic rings. The van der Waals surface area contributed by atoms with Crippen molar-refractivity contribution in [3.05, 3.63) is 64.7 Å². The van der Waals surface area contributed by atoms with Crippen LogP contribution in [0.15, 0.2) is 42.5 Å². The zero-order chi connectivity index (χ0) is 48.6. The zero-order valence-electron chi connectivity index (χ0n) is 37.1. The van der Waals surface area contributed by atoms with Crippen molar-refractivity contribution in [1.82, 2.24) is 31.5 Å². The third-order valence-electron chi connectivity index (χ3n) is 10.4. The van der Waals surface area contributed by atoms with Crippen LogP contribution in [0.4, 0.5) is 18.9 Å². The van der Waals surface area contributed by atoms with E-state index >= 15 is 0 Å². The maximum absolute atomic E-state index is 13.9. The number of ketones is 2. The van der Waals surface area contributed by atoms with Crippen LogP contribution in [0.1, 0.15) is 111 Å². The molecule has 1 aliphatic heterocycles. The molecule has 0 aromatic heterocycles. The predicted octanol–water partition coefficient (Wildman–Crippen LogP) is 2.18. The van der Waals surface area contributed by atoms with Crippen LogP contribution in [0.3, 0.4) is 0 Å². The van der Waals surface area contributed by atoms with Crippen LogP contribution in [0.25, 0.3) is 0 Å². The number of hydrogen-bond acceptors (Lipinski definition) is 11. The maximum Gasteiger partial charge on any atom is 0.490 e. The largest absolute Gasteiger partial charge is 0.490 e. The molecule has 1 aliphatic carbocycles. The van der Waals surface area contributed by atoms with Gasteiger partial charge < -0.3 is 47.6 Å². The Morgan fingerprint density at radius 1 is 0.800 bits per heavy atom. The number of nitrogens with zero attached hydrogens (tertiary/aromatic N) is 1. The number of likely N-dealkylation sites (tertiary alicyclic amines) is 1. The standard InChI is InChI=1S/C42H58N8O8.C2HF3O2/c1-6-7-16-31(49-39(55)26(5)47-38(54)25(4)43)40(56)46-23-34(51)48-32(22-24(2)3)42(58)50-21-11-18-33(50)41(57)45-20-12-19-44-30-17-10-15-29-35(30)37(53)28-14-9-8-13-27(28)36(29)52;3-2(4,5)1(6)7/h8-10,13-15,17,24-26,31-33,44H,6-7,11-12,16,18-23,43H2,1-5H3,(H,45,57)(H,46,56)(H,47,54)(H,48,51)(H,49,55);(H,6,7)/t25-,26-,31-,32-,33-;/m0./s1. The summed E-state index contributed by atoms with van der Waals surface area (Å²) in [7, 11) is 0. The fourth-order valence-corrected chi connectivity index (χ4v) is 7.05. The highest BCUT2D eigenvalue weighted by atomic mass is 19.4. The number of alkyl halides is 3. The molecule has 21 heteroatoms. The zero-order valence-corrected chi connectivity index (χ0v) is 37.1. The quantitative estimate of drug-likeness (QED) is 0.0758. The second kappa shape index (κ2) is 24.6. The lowest BCUT2D eigenvalue weighted by molar-refractivity contribution is -0.192. The van der Waals surface area contributed by atoms with Gasteiger partial charge in [-0.05, 0) is 57.9 Å². The fourth-order valence-electron chi connectivity index (χ4n) is 7.05. The molecule has 65 heavy (non-hydrogen) atoms. The third-order valence-corrected chi connectivity index (χ3v) is 10.4. The van der Waals surface area contributed by atoms with Crippen LogP contribution < -0.4 is 37.6 Å². The van der Waals surface area contributed by atoms with Crippen molar-refractivity contribution >= 4 is 58.7 Å². The number of nitrogens with two attached hydrogens (primary N) is 1. The summed E-state index contributed by atoms with van der Waals surface area (Å²) in [5.41, 5.74) is 7.54. The lowest BCUT2D eigenvalue weighted by atomic mass is 9.83. The summed E-state index contributed by atoms with van der Waals surface area (Å²) >= 11 is 0. The minimum Gasteiger partial charge on any atom is -0.475 e. The van der Waals surface area contributed by atoms with Crippen LogP contribution in [0.5, 0.6) is 0 Å². The average Bonchev–Trinajstić information content (AvgIpc) is 3.75. The number of unbranched alkanes of at least 4 members (excludes halogenated alkanes) is 1. The molecule has 356 valence electrons. The molecule has 9 N–H and O–H groups in total. The van der Waals surface area contributed by atoms with E-state index in [1.165, 1.54) is 18.7 Å². The molecule has 0 bridgehead atoms. The highest BCUT2D eigenvalue weighted by molar-refractivity contribution is 6.30. The third kappa shape index (κ3) is 15.4. The van der Waals surface area contributed by atoms with Crippen molar-refractivity contribution in [2.75, 3.05) is 31.5 Å². The molecule has 2 aliphatic rings. The van der Waals surface area contributed by atoms with Crippen LogP contribution >= 0.6 is 0 Å². The molecule has 0 saturated carbocycles. The summed E-state index contributed by atoms with van der Waals surface area (Å²) in [6.07, 6.45) is -1.54. The van der Waals surface area contributed by atoms with Crippen molar-refractivity contribution in [2.45, 2.75) is 116 Å². The van der Waals surface area contributed by atoms with Gasteiger partial charge in [0.1, 0.15) is 24.2 Å². The Labute approximate surface area is 374 Å². The number of carboxylic acid groups (broad SMARTS) is 1. The van der Waals surface area contributed by atoms with E-state index in [1.807, 2.05) is 20.8 Å². The molecule has 18 nitrogen and oxygen atoms in total. The topological polar surface area (TPSA) is 275 Å². The number of hydrogen-bond donors (Lipinski definition) is 8. The molecule has 1 fully saturated rings. The number of carboxylic acids is 1. The molecule has 4 rings (SSSR count). The van der Waals surface area contributed by atoms with Crippen LogP contribution in [0.2, 0.25) is 0 Å². The van der Waals surface area contributed by atoms with Crippen LogP contribution in [-0.4, -0.2) is 126 Å². The number of fused-ring (bicyclic) bond motifs is 2. The molecule has 5 atom stereocenters. The van der Waals surface area contributed by atoms with Gasteiger partial charge in [-0.2, -0.15) is 13.2 Å². The van der Waals surface area contributed by atoms with E-state index in [4.69, 9.17) is 15.6 Å². The van der Waals surface area contributed by atoms with Crippen molar-refractivity contribution in [3.8, 4) is 0 Å². The number of nitrogens with one attached hydrogen (secondary N) is 6. The highest BCUT2D eigenvalue weighted by Crippen LogP contribution is 2.32. The predicted molar refractivity (Wildman–Crippen MR) is 231 cm³/mol. The Hall–Kier alpha value is -6.38. The van der Waals surface area contributed by atoms with Crippen LogP contribution in [0, 0.1) is 5.92 Å². The van der Waals surface area contributed by atoms with Crippen molar-refractivity contribution in [3.63, 3.8) is 0 Å². The second-order valence-corrected chi connectivity index (χ2v) is 16.2. The number of rotatable bonds is 20. The minimum atomic E-state index is -5.08. The lowest BCUT2D eigenvalue weighted by Gasteiger charge is -2.29. The summed E-state index contributed by atoms with van der Waals surface area (Å²) < 4.78 is 31.7. The molecule has 1 saturated heterocycles. The molecular formula is C44H59F3N8O10. The van der Waals surface area contributed by atoms with E-state index in [0.29, 0.717) is 86.1 Å². The molecule has 0 spiro atoms. The Balaban J connectivity index is 0.00000148. The molecule has 6 amide bonds. The Morgan fingerprint density at radius 2 is 1.43 bits per heavy atom. The van der Waals surface area contributed by atoms with Gasteiger partial charge in [0.15, 0.2) is 11.6 Å². The molecule has 0 unspecified atom stereocenters. The Morgan fingerprint density at radius 3 is 2.03 bits per heavy atom. The maximum atomic E-state index is 13.9. The summed E-state index contributed by atoms with van der Waals surface area (Å²) in [4.78, 5) is 115. The number of amides is 6. The molecule has 1 heterocycles. The van der Waals surface area contributed by atoms with Gasteiger partial charge in [0.25, 0.3) is 0 Å². The van der Waals surface area contributed by atoms with E-state index in [0.717, 1.165) is 6.42 Å². The Bertz CT molecular complexity index is 2080. The van der Waals surface area contributed by atoms with E-state index in [1.54, 1.807) is 42.5 Å². The van der Waals surface area contributed by atoms with E-state index in [-0.39, 0.29) is 23.4 Å². The monoisotopic (exact) mass is 916 g/mol. The SMILES string of the molecule is CCCC[C@H](NC(=O)[C@H](C)NC(=O)[C@H](C)N)C(=O)NCC(=O)N[C@@H](CC(C)C)C(=O)N1CCC[C@H]1C(=O)NCCCNc1cccc2c1C(=O)c1ccccc1C2=O.O=C(O)C(F)(F)F. The van der Waals surface area contributed by atoms with Crippen molar-refractivity contribution in [1.29, 1.82) is 0 Å². The van der Waals surface area contributed by atoms with Crippen LogP contribution in [-0.2, 0) is 33.6 Å². The van der Waals surface area contributed by atoms with Gasteiger partial charge in [0.2, 0.25) is 35.4 Å². The first-order valence-electron chi connectivity index (χ1n) is 21.5. The first-order chi connectivity index (χ1) is 30.6. The molecule has 0 radical (unpaired) electrons. The van der Waals surface area contributed by atoms with Gasteiger partial charge >= 0.3 is 12.1 Å². The van der Waals surface area contributed by atoms with Gasteiger partial charge in [0, 0.05) is 42.0 Å². The van der Waals surface area contributed by atoms with E-state index < -0.39 is 78.4 Å². The van der Waals surface area contributed by atoms with Gasteiger partial charge in [-0.15, -0.1) is 0 Å². The average molecular weight is 917 g/mol. The minimum absolute atomic E-state index is 0.0166. The second-order valence-electron chi connectivity index (χ2n) is 16.2. The fraction of sp³-hybridized carbons (Fsp3) is 0.523. The Kier molecular flexibility index (Phi) is 20.1. The summed E-state index contributed by atoms with van der Waals surface area (Å²) in [6, 6.07) is 7.49. The van der Waals surface area contributed by atoms with Gasteiger partial charge in [-0.3, -0.25) is 38.4 Å². The van der Waals surface area contributed by atoms with Gasteiger partial charge in [-0.1, -0.05) is 70.0 Å². The summed E-state index contributed by atoms with van der Waals surface area (Å²) in [6.45, 7) is 9.31. The van der Waals surface area contributed by atoms with Crippen molar-refractivity contribution < 1.29 is 61.4 Å². The molecule has 2 aromatic carbocycles. The number of aliphatic carboxylic acids is 1. The van der Waals surface area contributed by atoms with Gasteiger partial charge in [0.05, 0.1) is 18.2 Å². The van der Waals surface area contributed by atoms with E-state index in [2.05, 4.69) is 31.9 Å². The summed E-state index contributed by atoms with van der Waals surface area (Å²) in [5, 5.41) is 23.7. The van der Waals surface area contributed by atoms with Gasteiger partial charge in [-0.25, -0.2) is 4.79 Å². The summed E-state index contributed by atoms with van der Waals surface area (Å²) in [5.74, 6) is -6.15. The normalized spacial score (nSPS) is 16.0. The number of anilines is 1. The number of carbonyl (C=O) groups excluding carboxylic acids is 8. The highest BCUT2D eigenvalue weighted by Gasteiger charge is 2.39. The number of carbonyl (C=O) groups is 9. The number of benzene rings is 2. The van der Waals surface area contributed by atoms with Crippen molar-refractivity contribution in [2.24, 2.45) is 11.7 Å². The molecular weight excluding hydrogens is 858 g/mol. The lowest BCUT2D eigenvalue weighted by Crippen LogP contribution is -2.56.